The molecular formula is C12H16FN3O3. The summed E-state index contributed by atoms with van der Waals surface area (Å²) >= 11 is 0. The quantitative estimate of drug-likeness (QED) is 0.446. The van der Waals surface area contributed by atoms with E-state index < -0.39 is 22.3 Å². The third-order valence-corrected chi connectivity index (χ3v) is 2.47. The smallest absolute Gasteiger partial charge is 0.282 e. The lowest BCUT2D eigenvalue weighted by molar-refractivity contribution is -0.385. The second-order valence-electron chi connectivity index (χ2n) is 3.88. The van der Waals surface area contributed by atoms with Gasteiger partial charge in [0.05, 0.1) is 4.92 Å². The molecule has 6 nitrogen and oxygen atoms in total. The monoisotopic (exact) mass is 269 g/mol. The fourth-order valence-corrected chi connectivity index (χ4v) is 1.54. The molecule has 1 amide bonds. The molecule has 0 saturated heterocycles. The van der Waals surface area contributed by atoms with Crippen LogP contribution in [-0.4, -0.2) is 30.5 Å². The van der Waals surface area contributed by atoms with Gasteiger partial charge in [0, 0.05) is 12.6 Å². The minimum Gasteiger partial charge on any atom is -0.352 e. The number of nitro groups is 1. The van der Waals surface area contributed by atoms with Gasteiger partial charge in [-0.3, -0.25) is 14.9 Å². The molecule has 0 heterocycles. The number of nitrogens with one attached hydrogen (secondary N) is 2. The summed E-state index contributed by atoms with van der Waals surface area (Å²) in [6, 6.07) is 2.82. The highest BCUT2D eigenvalue weighted by Gasteiger charge is 2.20. The van der Waals surface area contributed by atoms with Gasteiger partial charge in [0.25, 0.3) is 11.6 Å². The third-order valence-electron chi connectivity index (χ3n) is 2.47. The maximum Gasteiger partial charge on any atom is 0.282 e. The summed E-state index contributed by atoms with van der Waals surface area (Å²) in [4.78, 5) is 21.8. The van der Waals surface area contributed by atoms with Crippen LogP contribution in [0.25, 0.3) is 0 Å². The number of rotatable bonds is 7. The molecule has 104 valence electrons. The van der Waals surface area contributed by atoms with E-state index in [1.165, 1.54) is 0 Å². The zero-order valence-electron chi connectivity index (χ0n) is 10.6. The van der Waals surface area contributed by atoms with Crippen molar-refractivity contribution in [1.82, 2.24) is 10.6 Å². The molecule has 1 aromatic carbocycles. The lowest BCUT2D eigenvalue weighted by Gasteiger charge is -2.06. The van der Waals surface area contributed by atoms with Crippen molar-refractivity contribution in [2.75, 3.05) is 19.6 Å². The van der Waals surface area contributed by atoms with Crippen LogP contribution in [0.2, 0.25) is 0 Å². The minimum atomic E-state index is -0.701. The molecule has 0 aromatic heterocycles. The summed E-state index contributed by atoms with van der Waals surface area (Å²) in [5, 5.41) is 16.4. The Balaban J connectivity index is 2.65. The Labute approximate surface area is 110 Å². The fourth-order valence-electron chi connectivity index (χ4n) is 1.54. The summed E-state index contributed by atoms with van der Waals surface area (Å²) < 4.78 is 13.0. The van der Waals surface area contributed by atoms with Crippen molar-refractivity contribution in [2.24, 2.45) is 0 Å². The zero-order chi connectivity index (χ0) is 14.3. The molecular weight excluding hydrogens is 253 g/mol. The van der Waals surface area contributed by atoms with E-state index in [1.54, 1.807) is 0 Å². The maximum absolute atomic E-state index is 13.0. The van der Waals surface area contributed by atoms with Crippen molar-refractivity contribution in [3.8, 4) is 0 Å². The van der Waals surface area contributed by atoms with E-state index in [1.807, 2.05) is 6.92 Å². The van der Waals surface area contributed by atoms with Crippen molar-refractivity contribution in [2.45, 2.75) is 13.3 Å². The lowest BCUT2D eigenvalue weighted by atomic mass is 10.1. The van der Waals surface area contributed by atoms with Crippen molar-refractivity contribution < 1.29 is 14.1 Å². The molecule has 7 heteroatoms. The summed E-state index contributed by atoms with van der Waals surface area (Å²) in [7, 11) is 0. The molecule has 0 radical (unpaired) electrons. The number of benzene rings is 1. The second-order valence-corrected chi connectivity index (χ2v) is 3.88. The summed E-state index contributed by atoms with van der Waals surface area (Å²) in [5.41, 5.74) is -0.654. The molecule has 1 rings (SSSR count). The van der Waals surface area contributed by atoms with E-state index in [0.29, 0.717) is 13.0 Å². The van der Waals surface area contributed by atoms with Crippen LogP contribution >= 0.6 is 0 Å². The average Bonchev–Trinajstić information content (AvgIpc) is 2.37. The molecule has 0 bridgehead atoms. The van der Waals surface area contributed by atoms with E-state index in [9.17, 15) is 19.3 Å². The zero-order valence-corrected chi connectivity index (χ0v) is 10.6. The Morgan fingerprint density at radius 3 is 2.79 bits per heavy atom. The number of carbonyl (C=O) groups is 1. The number of hydrogen-bond donors (Lipinski definition) is 2. The predicted octanol–water partition coefficient (Wildman–Crippen LogP) is 1.46. The molecule has 0 aliphatic heterocycles. The average molecular weight is 269 g/mol. The molecule has 0 atom stereocenters. The summed E-state index contributed by atoms with van der Waals surface area (Å²) in [6.45, 7) is 3.92. The number of nitro benzene ring substituents is 1. The van der Waals surface area contributed by atoms with Crippen molar-refractivity contribution >= 4 is 11.6 Å². The highest BCUT2D eigenvalue weighted by atomic mass is 19.1. The number of halogens is 1. The largest absolute Gasteiger partial charge is 0.352 e. The molecule has 19 heavy (non-hydrogen) atoms. The third kappa shape index (κ3) is 4.63. The first kappa shape index (κ1) is 15.0. The van der Waals surface area contributed by atoms with Crippen molar-refractivity contribution in [1.29, 1.82) is 0 Å². The summed E-state index contributed by atoms with van der Waals surface area (Å²) in [6.07, 6.45) is 0.697. The van der Waals surface area contributed by atoms with E-state index in [0.717, 1.165) is 31.3 Å². The van der Waals surface area contributed by atoms with Gasteiger partial charge in [0.1, 0.15) is 11.4 Å². The van der Waals surface area contributed by atoms with Gasteiger partial charge < -0.3 is 10.6 Å². The van der Waals surface area contributed by atoms with Crippen LogP contribution < -0.4 is 10.6 Å². The van der Waals surface area contributed by atoms with E-state index >= 15 is 0 Å². The molecule has 0 spiro atoms. The van der Waals surface area contributed by atoms with Crippen LogP contribution in [0.4, 0.5) is 10.1 Å². The van der Waals surface area contributed by atoms with E-state index in [-0.39, 0.29) is 5.56 Å². The van der Waals surface area contributed by atoms with Gasteiger partial charge in [-0.05, 0) is 31.6 Å². The second kappa shape index (κ2) is 7.42. The van der Waals surface area contributed by atoms with Gasteiger partial charge in [0.2, 0.25) is 0 Å². The number of nitrogens with zero attached hydrogens (tertiary/aromatic N) is 1. The van der Waals surface area contributed by atoms with Gasteiger partial charge in [-0.15, -0.1) is 0 Å². The van der Waals surface area contributed by atoms with Gasteiger partial charge in [-0.2, -0.15) is 0 Å². The Morgan fingerprint density at radius 2 is 2.16 bits per heavy atom. The van der Waals surface area contributed by atoms with Crippen LogP contribution in [0, 0.1) is 15.9 Å². The van der Waals surface area contributed by atoms with Gasteiger partial charge in [0.15, 0.2) is 0 Å². The highest BCUT2D eigenvalue weighted by molar-refractivity contribution is 5.98. The van der Waals surface area contributed by atoms with Crippen LogP contribution in [0.5, 0.6) is 0 Å². The van der Waals surface area contributed by atoms with Crippen LogP contribution in [-0.2, 0) is 0 Å². The van der Waals surface area contributed by atoms with Gasteiger partial charge >= 0.3 is 0 Å². The summed E-state index contributed by atoms with van der Waals surface area (Å²) in [5.74, 6) is -1.31. The van der Waals surface area contributed by atoms with E-state index in [2.05, 4.69) is 10.6 Å². The minimum absolute atomic E-state index is 0.256. The Morgan fingerprint density at radius 1 is 1.42 bits per heavy atom. The molecule has 0 aliphatic carbocycles. The van der Waals surface area contributed by atoms with Crippen LogP contribution in [0.1, 0.15) is 23.7 Å². The molecule has 0 unspecified atom stereocenters. The van der Waals surface area contributed by atoms with Crippen LogP contribution in [0.3, 0.4) is 0 Å². The predicted molar refractivity (Wildman–Crippen MR) is 68.5 cm³/mol. The number of amides is 1. The van der Waals surface area contributed by atoms with Crippen molar-refractivity contribution in [3.63, 3.8) is 0 Å². The van der Waals surface area contributed by atoms with E-state index in [4.69, 9.17) is 0 Å². The topological polar surface area (TPSA) is 84.3 Å². The molecule has 0 aliphatic rings. The Hall–Kier alpha value is -2.02. The molecule has 0 saturated carbocycles. The lowest BCUT2D eigenvalue weighted by Crippen LogP contribution is -2.28. The normalized spacial score (nSPS) is 10.2. The first-order valence-corrected chi connectivity index (χ1v) is 5.99. The molecule has 0 fully saturated rings. The molecule has 2 N–H and O–H groups in total. The fraction of sp³-hybridized carbons (Fsp3) is 0.417. The maximum atomic E-state index is 13.0. The van der Waals surface area contributed by atoms with Gasteiger partial charge in [-0.25, -0.2) is 4.39 Å². The standard InChI is InChI=1S/C12H16FN3O3/c1-2-14-6-3-7-15-12(17)10-8-9(13)4-5-11(10)16(18)19/h4-5,8,14H,2-3,6-7H2,1H3,(H,15,17). The Bertz CT molecular complexity index is 466. The first-order valence-electron chi connectivity index (χ1n) is 5.99. The number of carbonyl (C=O) groups excluding carboxylic acids is 1. The first-order chi connectivity index (χ1) is 9.06. The Kier molecular flexibility index (Phi) is 5.87. The van der Waals surface area contributed by atoms with Gasteiger partial charge in [-0.1, -0.05) is 6.92 Å². The number of hydrogen-bond acceptors (Lipinski definition) is 4. The highest BCUT2D eigenvalue weighted by Crippen LogP contribution is 2.19. The van der Waals surface area contributed by atoms with Crippen molar-refractivity contribution in [3.05, 3.63) is 39.7 Å². The SMILES string of the molecule is CCNCCCNC(=O)c1cc(F)ccc1[N+](=O)[O-]. The molecule has 1 aromatic rings. The van der Waals surface area contributed by atoms with Crippen LogP contribution in [0.15, 0.2) is 18.2 Å².